The Hall–Kier alpha value is -2.63. The Morgan fingerprint density at radius 2 is 2.06 bits per heavy atom. The van der Waals surface area contributed by atoms with Gasteiger partial charge in [0.05, 0.1) is 5.52 Å². The average Bonchev–Trinajstić information content (AvgIpc) is 2.61. The normalized spacial score (nSPS) is 11.2. The number of carbonyl (C=O) groups excluding carboxylic acids is 1. The number of nitrogens with zero attached hydrogens (tertiary/aromatic N) is 1. The van der Waals surface area contributed by atoms with Crippen LogP contribution in [0.4, 0.5) is 0 Å². The van der Waals surface area contributed by atoms with Crippen LogP contribution in [0.5, 0.6) is 0 Å². The molecule has 0 saturated heterocycles. The van der Waals surface area contributed by atoms with E-state index in [1.165, 1.54) is 16.7 Å². The molecule has 1 aromatic carbocycles. The first-order valence-electron chi connectivity index (χ1n) is 5.04. The SMILES string of the molecule is Cn1c(=O)oc2cc(C(=O)C=CC(=O)O)ccc21. The molecule has 6 heteroatoms. The van der Waals surface area contributed by atoms with Crippen LogP contribution in [-0.4, -0.2) is 21.4 Å². The topological polar surface area (TPSA) is 89.5 Å². The molecule has 18 heavy (non-hydrogen) atoms. The van der Waals surface area contributed by atoms with Crippen molar-refractivity contribution in [1.82, 2.24) is 4.57 Å². The summed E-state index contributed by atoms with van der Waals surface area (Å²) in [5, 5.41) is 8.42. The van der Waals surface area contributed by atoms with Gasteiger partial charge in [0.1, 0.15) is 0 Å². The number of aromatic nitrogens is 1. The van der Waals surface area contributed by atoms with Crippen molar-refractivity contribution >= 4 is 22.9 Å². The standard InChI is InChI=1S/C12H9NO5/c1-13-8-3-2-7(6-10(8)18-12(13)17)9(14)4-5-11(15)16/h2-6H,1H3,(H,15,16). The monoisotopic (exact) mass is 247 g/mol. The second kappa shape index (κ2) is 4.33. The molecule has 0 aliphatic carbocycles. The molecule has 0 aliphatic heterocycles. The largest absolute Gasteiger partial charge is 0.478 e. The molecule has 1 aromatic heterocycles. The van der Waals surface area contributed by atoms with Gasteiger partial charge in [-0.2, -0.15) is 0 Å². The van der Waals surface area contributed by atoms with Crippen LogP contribution in [0.15, 0.2) is 39.6 Å². The lowest BCUT2D eigenvalue weighted by atomic mass is 10.1. The van der Waals surface area contributed by atoms with Crippen LogP contribution < -0.4 is 5.76 Å². The molecule has 0 unspecified atom stereocenters. The summed E-state index contributed by atoms with van der Waals surface area (Å²) in [6.07, 6.45) is 1.71. The van der Waals surface area contributed by atoms with Crippen molar-refractivity contribution in [1.29, 1.82) is 0 Å². The Bertz CT molecular complexity index is 720. The van der Waals surface area contributed by atoms with E-state index in [1.807, 2.05) is 0 Å². The molecule has 0 bridgehead atoms. The van der Waals surface area contributed by atoms with E-state index in [4.69, 9.17) is 9.52 Å². The van der Waals surface area contributed by atoms with Crippen LogP contribution in [0.1, 0.15) is 10.4 Å². The zero-order valence-electron chi connectivity index (χ0n) is 9.41. The van der Waals surface area contributed by atoms with Crippen LogP contribution in [0, 0.1) is 0 Å². The lowest BCUT2D eigenvalue weighted by molar-refractivity contribution is -0.131. The van der Waals surface area contributed by atoms with Gasteiger partial charge in [0, 0.05) is 18.7 Å². The van der Waals surface area contributed by atoms with E-state index in [0.717, 1.165) is 12.2 Å². The zero-order chi connectivity index (χ0) is 13.3. The van der Waals surface area contributed by atoms with Gasteiger partial charge in [0.25, 0.3) is 0 Å². The zero-order valence-corrected chi connectivity index (χ0v) is 9.41. The number of ketones is 1. The van der Waals surface area contributed by atoms with Crippen LogP contribution in [0.2, 0.25) is 0 Å². The molecule has 1 N–H and O–H groups in total. The minimum atomic E-state index is -1.20. The first kappa shape index (κ1) is 11.8. The highest BCUT2D eigenvalue weighted by molar-refractivity contribution is 6.08. The van der Waals surface area contributed by atoms with E-state index in [9.17, 15) is 14.4 Å². The highest BCUT2D eigenvalue weighted by Crippen LogP contribution is 2.14. The fraction of sp³-hybridized carbons (Fsp3) is 0.0833. The van der Waals surface area contributed by atoms with Gasteiger partial charge in [0.2, 0.25) is 0 Å². The number of carboxylic acid groups (broad SMARTS) is 1. The maximum absolute atomic E-state index is 11.6. The van der Waals surface area contributed by atoms with Gasteiger partial charge in [-0.3, -0.25) is 9.36 Å². The van der Waals surface area contributed by atoms with E-state index in [1.54, 1.807) is 13.1 Å². The summed E-state index contributed by atoms with van der Waals surface area (Å²) in [6.45, 7) is 0. The first-order valence-corrected chi connectivity index (χ1v) is 5.04. The summed E-state index contributed by atoms with van der Waals surface area (Å²) in [7, 11) is 1.56. The minimum absolute atomic E-state index is 0.259. The van der Waals surface area contributed by atoms with Gasteiger partial charge in [0.15, 0.2) is 11.4 Å². The molecular weight excluding hydrogens is 238 g/mol. The molecule has 92 valence electrons. The molecule has 0 radical (unpaired) electrons. The van der Waals surface area contributed by atoms with Crippen molar-refractivity contribution in [3.63, 3.8) is 0 Å². The number of carboxylic acids is 1. The number of benzene rings is 1. The third-order valence-corrected chi connectivity index (χ3v) is 2.45. The number of hydrogen-bond acceptors (Lipinski definition) is 4. The number of allylic oxidation sites excluding steroid dienone is 1. The summed E-state index contributed by atoms with van der Waals surface area (Å²) in [4.78, 5) is 33.2. The third kappa shape index (κ3) is 2.08. The Labute approximate surface area is 101 Å². The second-order valence-electron chi connectivity index (χ2n) is 3.65. The molecule has 0 fully saturated rings. The quantitative estimate of drug-likeness (QED) is 0.644. The molecule has 0 spiro atoms. The summed E-state index contributed by atoms with van der Waals surface area (Å²) in [5.41, 5.74) is 1.12. The molecular formula is C12H9NO5. The number of hydrogen-bond donors (Lipinski definition) is 1. The van der Waals surface area contributed by atoms with E-state index >= 15 is 0 Å². The summed E-state index contributed by atoms with van der Waals surface area (Å²) in [6, 6.07) is 4.49. The van der Waals surface area contributed by atoms with Crippen LogP contribution >= 0.6 is 0 Å². The van der Waals surface area contributed by atoms with Crippen molar-refractivity contribution in [2.45, 2.75) is 0 Å². The molecule has 6 nitrogen and oxygen atoms in total. The predicted octanol–water partition coefficient (Wildman–Crippen LogP) is 0.955. The number of fused-ring (bicyclic) bond motifs is 1. The van der Waals surface area contributed by atoms with Gasteiger partial charge in [-0.05, 0) is 24.3 Å². The molecule has 0 atom stereocenters. The Balaban J connectivity index is 2.45. The Morgan fingerprint density at radius 1 is 1.33 bits per heavy atom. The van der Waals surface area contributed by atoms with Crippen molar-refractivity contribution < 1.29 is 19.1 Å². The maximum Gasteiger partial charge on any atom is 0.419 e. The average molecular weight is 247 g/mol. The number of oxazole rings is 1. The molecule has 0 saturated carbocycles. The van der Waals surface area contributed by atoms with Gasteiger partial charge in [-0.25, -0.2) is 9.59 Å². The van der Waals surface area contributed by atoms with Gasteiger partial charge >= 0.3 is 11.7 Å². The van der Waals surface area contributed by atoms with E-state index < -0.39 is 17.5 Å². The third-order valence-electron chi connectivity index (χ3n) is 2.45. The summed E-state index contributed by atoms with van der Waals surface area (Å²) in [5.74, 6) is -2.18. The highest BCUT2D eigenvalue weighted by Gasteiger charge is 2.09. The Morgan fingerprint density at radius 3 is 2.72 bits per heavy atom. The first-order chi connectivity index (χ1) is 8.49. The lowest BCUT2D eigenvalue weighted by Gasteiger charge is -1.95. The smallest absolute Gasteiger partial charge is 0.419 e. The number of aryl methyl sites for hydroxylation is 1. The molecule has 0 amide bonds. The molecule has 2 aromatic rings. The van der Waals surface area contributed by atoms with Crippen molar-refractivity contribution in [2.24, 2.45) is 7.05 Å². The lowest BCUT2D eigenvalue weighted by Crippen LogP contribution is -2.08. The maximum atomic E-state index is 11.6. The number of carbonyl (C=O) groups is 2. The number of aliphatic carboxylic acids is 1. The van der Waals surface area contributed by atoms with E-state index in [-0.39, 0.29) is 11.1 Å². The molecule has 0 aliphatic rings. The van der Waals surface area contributed by atoms with Crippen LogP contribution in [0.3, 0.4) is 0 Å². The van der Waals surface area contributed by atoms with Crippen molar-refractivity contribution in [2.75, 3.05) is 0 Å². The fourth-order valence-electron chi connectivity index (χ4n) is 1.53. The summed E-state index contributed by atoms with van der Waals surface area (Å²) < 4.78 is 6.25. The fourth-order valence-corrected chi connectivity index (χ4v) is 1.53. The van der Waals surface area contributed by atoms with Gasteiger partial charge in [-0.1, -0.05) is 0 Å². The van der Waals surface area contributed by atoms with Crippen molar-refractivity contribution in [3.8, 4) is 0 Å². The second-order valence-corrected chi connectivity index (χ2v) is 3.65. The van der Waals surface area contributed by atoms with Crippen LogP contribution in [-0.2, 0) is 11.8 Å². The van der Waals surface area contributed by atoms with E-state index in [2.05, 4.69) is 0 Å². The predicted molar refractivity (Wildman–Crippen MR) is 62.6 cm³/mol. The van der Waals surface area contributed by atoms with Crippen LogP contribution in [0.25, 0.3) is 11.1 Å². The highest BCUT2D eigenvalue weighted by atomic mass is 16.4. The summed E-state index contributed by atoms with van der Waals surface area (Å²) >= 11 is 0. The van der Waals surface area contributed by atoms with Gasteiger partial charge < -0.3 is 9.52 Å². The van der Waals surface area contributed by atoms with Gasteiger partial charge in [-0.15, -0.1) is 0 Å². The molecule has 1 heterocycles. The number of rotatable bonds is 3. The minimum Gasteiger partial charge on any atom is -0.478 e. The van der Waals surface area contributed by atoms with E-state index in [0.29, 0.717) is 5.52 Å². The Kier molecular flexibility index (Phi) is 2.85. The van der Waals surface area contributed by atoms with Crippen molar-refractivity contribution in [3.05, 3.63) is 46.5 Å². The molecule has 2 rings (SSSR count).